The highest BCUT2D eigenvalue weighted by Crippen LogP contribution is 2.39. The third kappa shape index (κ3) is 7.86. The van der Waals surface area contributed by atoms with Crippen molar-refractivity contribution in [2.45, 2.75) is 84.0 Å². The Kier molecular flexibility index (Phi) is 10.3. The number of nitrogens with one attached hydrogen (secondary N) is 1. The van der Waals surface area contributed by atoms with Gasteiger partial charge in [-0.2, -0.15) is 13.9 Å². The molecule has 0 bridgehead atoms. The molecule has 4 rings (SSSR count). The van der Waals surface area contributed by atoms with E-state index in [0.29, 0.717) is 25.9 Å². The van der Waals surface area contributed by atoms with Crippen molar-refractivity contribution < 1.29 is 37.7 Å². The molecule has 2 aromatic rings. The van der Waals surface area contributed by atoms with Crippen LogP contribution in [0.15, 0.2) is 30.5 Å². The average molecular weight is 654 g/mol. The van der Waals surface area contributed by atoms with Crippen molar-refractivity contribution in [3.8, 4) is 5.75 Å². The molecule has 248 valence electrons. The fourth-order valence-corrected chi connectivity index (χ4v) is 6.23. The Morgan fingerprint density at radius 3 is 2.27 bits per heavy atom. The molecule has 45 heavy (non-hydrogen) atoms. The highest BCUT2D eigenvalue weighted by Gasteiger charge is 2.49. The van der Waals surface area contributed by atoms with Gasteiger partial charge in [-0.1, -0.05) is 25.4 Å². The maximum absolute atomic E-state index is 14.1. The van der Waals surface area contributed by atoms with E-state index < -0.39 is 41.1 Å². The molecule has 0 spiro atoms. The number of halogens is 3. The number of carboxylic acid groups (broad SMARTS) is 1. The average Bonchev–Trinajstić information content (AvgIpc) is 3.45. The molecule has 2 saturated heterocycles. The van der Waals surface area contributed by atoms with Crippen molar-refractivity contribution in [3.63, 3.8) is 0 Å². The molecule has 0 unspecified atom stereocenters. The number of piperidine rings is 2. The predicted molar refractivity (Wildman–Crippen MR) is 164 cm³/mol. The number of benzene rings is 1. The van der Waals surface area contributed by atoms with Crippen LogP contribution in [-0.2, 0) is 19.9 Å². The van der Waals surface area contributed by atoms with E-state index in [0.717, 1.165) is 5.69 Å². The van der Waals surface area contributed by atoms with E-state index in [1.807, 2.05) is 24.8 Å². The number of carboxylic acids is 1. The number of aromatic nitrogens is 2. The zero-order chi connectivity index (χ0) is 33.2. The number of hydrogen-bond donors (Lipinski definition) is 2. The maximum atomic E-state index is 14.1. The SMILES string of the molecule is CC(C)c1ccnn1C1(C(=O)Nc2ccc(Cl)cc2OC(F)F)CCN(CC2(C(=O)O)CCN(C(=O)OC(C)(C)C)CC2)CC1. The number of anilines is 1. The zero-order valence-electron chi connectivity index (χ0n) is 26.3. The second kappa shape index (κ2) is 13.5. The number of nitrogens with zero attached hydrogens (tertiary/aromatic N) is 4. The summed E-state index contributed by atoms with van der Waals surface area (Å²) in [6.07, 6.45) is 2.28. The number of hydrogen-bond acceptors (Lipinski definition) is 7. The summed E-state index contributed by atoms with van der Waals surface area (Å²) in [5.41, 5.74) is -2.03. The highest BCUT2D eigenvalue weighted by molar-refractivity contribution is 6.30. The van der Waals surface area contributed by atoms with Gasteiger partial charge in [-0.05, 0) is 70.6 Å². The lowest BCUT2D eigenvalue weighted by Gasteiger charge is -2.46. The molecule has 2 fully saturated rings. The first-order valence-electron chi connectivity index (χ1n) is 15.1. The Labute approximate surface area is 266 Å². The standard InChI is InChI=1S/C31H42ClF2N5O6/c1-20(2)23-8-13-35-39(23)31(25(40)36-22-7-6-21(32)18-24(22)44-27(33)34)11-14-37(15-12-31)19-30(26(41)42)9-16-38(17-10-30)28(43)45-29(3,4)5/h6-8,13,18,20,27H,9-12,14-17,19H2,1-5H3,(H,36,40)(H,41,42). The number of aliphatic carboxylic acids is 1. The summed E-state index contributed by atoms with van der Waals surface area (Å²) >= 11 is 6.00. The number of rotatable bonds is 9. The van der Waals surface area contributed by atoms with Gasteiger partial charge in [0.2, 0.25) is 0 Å². The van der Waals surface area contributed by atoms with Gasteiger partial charge < -0.3 is 29.7 Å². The van der Waals surface area contributed by atoms with Crippen LogP contribution in [-0.4, -0.2) is 87.6 Å². The summed E-state index contributed by atoms with van der Waals surface area (Å²) < 4.78 is 38.1. The fraction of sp³-hybridized carbons (Fsp3) is 0.613. The van der Waals surface area contributed by atoms with Crippen LogP contribution in [0.1, 0.15) is 71.9 Å². The molecule has 2 N–H and O–H groups in total. The molecule has 2 aliphatic rings. The van der Waals surface area contributed by atoms with Gasteiger partial charge in [-0.15, -0.1) is 0 Å². The van der Waals surface area contributed by atoms with Gasteiger partial charge in [-0.3, -0.25) is 14.3 Å². The summed E-state index contributed by atoms with van der Waals surface area (Å²) in [6.45, 7) is 7.75. The molecule has 1 aromatic heterocycles. The first-order valence-corrected chi connectivity index (χ1v) is 15.5. The van der Waals surface area contributed by atoms with Crippen molar-refractivity contribution in [2.75, 3.05) is 38.0 Å². The Hall–Kier alpha value is -3.45. The fourth-order valence-electron chi connectivity index (χ4n) is 6.07. The van der Waals surface area contributed by atoms with Crippen LogP contribution in [0, 0.1) is 5.41 Å². The summed E-state index contributed by atoms with van der Waals surface area (Å²) in [5, 5.41) is 17.8. The van der Waals surface area contributed by atoms with Crippen LogP contribution < -0.4 is 10.1 Å². The third-order valence-electron chi connectivity index (χ3n) is 8.53. The Bertz CT molecular complexity index is 1380. The van der Waals surface area contributed by atoms with Crippen molar-refractivity contribution in [3.05, 3.63) is 41.2 Å². The Balaban J connectivity index is 1.54. The maximum Gasteiger partial charge on any atom is 0.410 e. The lowest BCUT2D eigenvalue weighted by Crippen LogP contribution is -2.57. The largest absolute Gasteiger partial charge is 0.481 e. The molecule has 0 radical (unpaired) electrons. The van der Waals surface area contributed by atoms with E-state index in [9.17, 15) is 28.3 Å². The van der Waals surface area contributed by atoms with Crippen LogP contribution in [0.5, 0.6) is 5.75 Å². The zero-order valence-corrected chi connectivity index (χ0v) is 27.1. The number of carbonyl (C=O) groups is 3. The third-order valence-corrected chi connectivity index (χ3v) is 8.77. The second-order valence-corrected chi connectivity index (χ2v) is 13.6. The van der Waals surface area contributed by atoms with Crippen molar-refractivity contribution in [1.29, 1.82) is 0 Å². The Morgan fingerprint density at radius 1 is 1.07 bits per heavy atom. The molecule has 11 nitrogen and oxygen atoms in total. The Morgan fingerprint density at radius 2 is 1.71 bits per heavy atom. The van der Waals surface area contributed by atoms with Gasteiger partial charge in [0.1, 0.15) is 11.1 Å². The summed E-state index contributed by atoms with van der Waals surface area (Å²) in [7, 11) is 0. The van der Waals surface area contributed by atoms with E-state index in [2.05, 4.69) is 15.2 Å². The van der Waals surface area contributed by atoms with Crippen molar-refractivity contribution in [2.24, 2.45) is 5.41 Å². The first kappa shape index (κ1) is 34.4. The van der Waals surface area contributed by atoms with Crippen LogP contribution in [0.2, 0.25) is 5.02 Å². The molecular weight excluding hydrogens is 612 g/mol. The van der Waals surface area contributed by atoms with E-state index in [-0.39, 0.29) is 54.9 Å². The van der Waals surface area contributed by atoms with Gasteiger partial charge in [0.15, 0.2) is 5.75 Å². The van der Waals surface area contributed by atoms with Gasteiger partial charge in [0.25, 0.3) is 5.91 Å². The van der Waals surface area contributed by atoms with Gasteiger partial charge >= 0.3 is 18.7 Å². The molecule has 14 heteroatoms. The van der Waals surface area contributed by atoms with Crippen LogP contribution in [0.4, 0.5) is 19.3 Å². The van der Waals surface area contributed by atoms with E-state index in [4.69, 9.17) is 16.3 Å². The summed E-state index contributed by atoms with van der Waals surface area (Å²) in [4.78, 5) is 42.9. The number of ether oxygens (including phenoxy) is 2. The lowest BCUT2D eigenvalue weighted by molar-refractivity contribution is -0.154. The van der Waals surface area contributed by atoms with Gasteiger partial charge in [-0.25, -0.2) is 4.79 Å². The number of carbonyl (C=O) groups excluding carboxylic acids is 2. The summed E-state index contributed by atoms with van der Waals surface area (Å²) in [6, 6.07) is 5.94. The molecule has 0 aliphatic carbocycles. The molecule has 2 aliphatic heterocycles. The number of alkyl halides is 2. The van der Waals surface area contributed by atoms with E-state index in [1.165, 1.54) is 18.2 Å². The van der Waals surface area contributed by atoms with Gasteiger partial charge in [0, 0.05) is 55.7 Å². The summed E-state index contributed by atoms with van der Waals surface area (Å²) in [5.74, 6) is -1.60. The van der Waals surface area contributed by atoms with Crippen LogP contribution in [0.25, 0.3) is 0 Å². The predicted octanol–water partition coefficient (Wildman–Crippen LogP) is 5.79. The normalized spacial score (nSPS) is 18.6. The number of amides is 2. The van der Waals surface area contributed by atoms with E-state index >= 15 is 0 Å². The minimum absolute atomic E-state index is 0.0360. The molecule has 0 saturated carbocycles. The van der Waals surface area contributed by atoms with E-state index in [1.54, 1.807) is 36.5 Å². The topological polar surface area (TPSA) is 126 Å². The molecule has 1 aromatic carbocycles. The lowest BCUT2D eigenvalue weighted by atomic mass is 9.76. The molecule has 2 amide bonds. The van der Waals surface area contributed by atoms with Crippen LogP contribution >= 0.6 is 11.6 Å². The van der Waals surface area contributed by atoms with Gasteiger partial charge in [0.05, 0.1) is 11.1 Å². The molecule has 0 atom stereocenters. The minimum Gasteiger partial charge on any atom is -0.481 e. The van der Waals surface area contributed by atoms with Crippen molar-refractivity contribution >= 4 is 35.3 Å². The van der Waals surface area contributed by atoms with Crippen LogP contribution in [0.3, 0.4) is 0 Å². The molecule has 3 heterocycles. The smallest absolute Gasteiger partial charge is 0.410 e. The second-order valence-electron chi connectivity index (χ2n) is 13.2. The monoisotopic (exact) mass is 653 g/mol. The minimum atomic E-state index is -3.12. The van der Waals surface area contributed by atoms with Crippen molar-refractivity contribution in [1.82, 2.24) is 19.6 Å². The number of likely N-dealkylation sites (tertiary alicyclic amines) is 2. The quantitative estimate of drug-likeness (QED) is 0.348. The highest BCUT2D eigenvalue weighted by atomic mass is 35.5. The molecular formula is C31H42ClF2N5O6. The first-order chi connectivity index (χ1) is 21.0.